The van der Waals surface area contributed by atoms with Crippen molar-refractivity contribution in [2.75, 3.05) is 26.4 Å². The van der Waals surface area contributed by atoms with E-state index < -0.39 is 0 Å². The summed E-state index contributed by atoms with van der Waals surface area (Å²) in [7, 11) is 0. The van der Waals surface area contributed by atoms with Gasteiger partial charge in [0.1, 0.15) is 25.1 Å². The fourth-order valence-electron chi connectivity index (χ4n) is 1.54. The molecule has 5 heteroatoms. The van der Waals surface area contributed by atoms with Crippen LogP contribution in [0.25, 0.3) is 0 Å². The molecule has 1 aromatic carbocycles. The van der Waals surface area contributed by atoms with Crippen LogP contribution in [-0.2, 0) is 14.2 Å². The number of hydrogen-bond donors (Lipinski definition) is 0. The van der Waals surface area contributed by atoms with E-state index >= 15 is 0 Å². The zero-order chi connectivity index (χ0) is 14.4. The second-order valence-corrected chi connectivity index (χ2v) is 4.85. The molecule has 0 spiro atoms. The number of carbonyl (C=O) groups excluding carboxylic acids is 1. The number of hydrogen-bond acceptors (Lipinski definition) is 5. The van der Waals surface area contributed by atoms with Crippen LogP contribution in [0.5, 0.6) is 5.75 Å². The summed E-state index contributed by atoms with van der Waals surface area (Å²) < 4.78 is 20.9. The molecule has 1 heterocycles. The zero-order valence-electron chi connectivity index (χ0n) is 11.8. The Morgan fingerprint density at radius 2 is 2.00 bits per heavy atom. The van der Waals surface area contributed by atoms with Crippen LogP contribution in [0.2, 0.25) is 0 Å². The molecule has 1 atom stereocenters. The molecule has 1 aliphatic rings. The monoisotopic (exact) mass is 280 g/mol. The van der Waals surface area contributed by atoms with Gasteiger partial charge < -0.3 is 18.9 Å². The molecule has 2 rings (SSSR count). The van der Waals surface area contributed by atoms with Crippen molar-refractivity contribution in [3.8, 4) is 5.75 Å². The van der Waals surface area contributed by atoms with Gasteiger partial charge in [0.05, 0.1) is 24.9 Å². The molecule has 0 bridgehead atoms. The van der Waals surface area contributed by atoms with Gasteiger partial charge in [0.25, 0.3) is 0 Å². The van der Waals surface area contributed by atoms with Crippen LogP contribution >= 0.6 is 0 Å². The minimum Gasteiger partial charge on any atom is -0.491 e. The van der Waals surface area contributed by atoms with E-state index in [-0.39, 0.29) is 24.8 Å². The first-order valence-electron chi connectivity index (χ1n) is 6.78. The zero-order valence-corrected chi connectivity index (χ0v) is 11.8. The minimum absolute atomic E-state index is 0.139. The molecule has 1 aromatic rings. The van der Waals surface area contributed by atoms with Crippen molar-refractivity contribution in [3.05, 3.63) is 29.8 Å². The van der Waals surface area contributed by atoms with Crippen LogP contribution in [-0.4, -0.2) is 44.6 Å². The number of carbonyl (C=O) groups is 1. The lowest BCUT2D eigenvalue weighted by Crippen LogP contribution is -2.13. The summed E-state index contributed by atoms with van der Waals surface area (Å²) >= 11 is 0. The average Bonchev–Trinajstić information content (AvgIpc) is 3.25. The molecule has 0 N–H and O–H groups in total. The fourth-order valence-corrected chi connectivity index (χ4v) is 1.54. The van der Waals surface area contributed by atoms with Crippen molar-refractivity contribution in [3.63, 3.8) is 0 Å². The smallest absolute Gasteiger partial charge is 0.338 e. The lowest BCUT2D eigenvalue weighted by Gasteiger charge is -2.09. The average molecular weight is 280 g/mol. The van der Waals surface area contributed by atoms with Crippen LogP contribution < -0.4 is 4.74 Å². The van der Waals surface area contributed by atoms with E-state index in [0.717, 1.165) is 12.4 Å². The van der Waals surface area contributed by atoms with Gasteiger partial charge in [0.2, 0.25) is 0 Å². The van der Waals surface area contributed by atoms with Crippen molar-refractivity contribution < 1.29 is 23.7 Å². The van der Waals surface area contributed by atoms with Crippen molar-refractivity contribution in [2.24, 2.45) is 0 Å². The number of epoxide rings is 1. The molecular weight excluding hydrogens is 260 g/mol. The van der Waals surface area contributed by atoms with E-state index in [0.29, 0.717) is 18.8 Å². The molecule has 0 unspecified atom stereocenters. The van der Waals surface area contributed by atoms with Crippen molar-refractivity contribution in [2.45, 2.75) is 26.1 Å². The van der Waals surface area contributed by atoms with Crippen LogP contribution in [0.4, 0.5) is 0 Å². The first kappa shape index (κ1) is 14.8. The van der Waals surface area contributed by atoms with Crippen molar-refractivity contribution >= 4 is 5.97 Å². The molecule has 0 aliphatic carbocycles. The Morgan fingerprint density at radius 3 is 2.60 bits per heavy atom. The molecule has 110 valence electrons. The van der Waals surface area contributed by atoms with E-state index in [1.54, 1.807) is 24.3 Å². The van der Waals surface area contributed by atoms with Gasteiger partial charge in [-0.15, -0.1) is 0 Å². The number of benzene rings is 1. The van der Waals surface area contributed by atoms with Gasteiger partial charge in [-0.1, -0.05) is 0 Å². The number of esters is 1. The molecule has 5 nitrogen and oxygen atoms in total. The highest BCUT2D eigenvalue weighted by Crippen LogP contribution is 2.16. The van der Waals surface area contributed by atoms with Crippen LogP contribution in [0.15, 0.2) is 24.3 Å². The molecule has 0 saturated carbocycles. The van der Waals surface area contributed by atoms with Crippen molar-refractivity contribution in [1.29, 1.82) is 0 Å². The fraction of sp³-hybridized carbons (Fsp3) is 0.533. The third kappa shape index (κ3) is 5.19. The van der Waals surface area contributed by atoms with Crippen LogP contribution in [0.3, 0.4) is 0 Å². The Balaban J connectivity index is 1.71. The van der Waals surface area contributed by atoms with Gasteiger partial charge in [-0.05, 0) is 38.1 Å². The largest absolute Gasteiger partial charge is 0.491 e. The van der Waals surface area contributed by atoms with Gasteiger partial charge in [0.15, 0.2) is 0 Å². The topological polar surface area (TPSA) is 57.3 Å². The first-order valence-corrected chi connectivity index (χ1v) is 6.78. The molecular formula is C15H20O5. The second kappa shape index (κ2) is 7.26. The van der Waals surface area contributed by atoms with E-state index in [2.05, 4.69) is 0 Å². The van der Waals surface area contributed by atoms with E-state index in [1.807, 2.05) is 13.8 Å². The molecule has 1 aliphatic heterocycles. The van der Waals surface area contributed by atoms with Gasteiger partial charge in [-0.2, -0.15) is 0 Å². The number of rotatable bonds is 8. The summed E-state index contributed by atoms with van der Waals surface area (Å²) in [5.74, 6) is 0.370. The van der Waals surface area contributed by atoms with E-state index in [1.165, 1.54) is 0 Å². The molecule has 1 saturated heterocycles. The summed E-state index contributed by atoms with van der Waals surface area (Å²) in [6.45, 7) is 5.86. The van der Waals surface area contributed by atoms with E-state index in [9.17, 15) is 4.79 Å². The lowest BCUT2D eigenvalue weighted by atomic mass is 10.2. The van der Waals surface area contributed by atoms with Crippen LogP contribution in [0.1, 0.15) is 24.2 Å². The quantitative estimate of drug-likeness (QED) is 0.414. The SMILES string of the molecule is CC(C)OCCOC(=O)c1ccc(OC[C@@H]2CO2)cc1. The Bertz CT molecular complexity index is 422. The van der Waals surface area contributed by atoms with Gasteiger partial charge in [-0.3, -0.25) is 0 Å². The highest BCUT2D eigenvalue weighted by molar-refractivity contribution is 5.89. The standard InChI is InChI=1S/C15H20O5/c1-11(2)17-7-8-18-15(16)12-3-5-13(6-4-12)19-9-14-10-20-14/h3-6,11,14H,7-10H2,1-2H3/t14-/m1/s1. The van der Waals surface area contributed by atoms with E-state index in [4.69, 9.17) is 18.9 Å². The second-order valence-electron chi connectivity index (χ2n) is 4.85. The molecule has 0 radical (unpaired) electrons. The number of ether oxygens (including phenoxy) is 4. The molecule has 0 amide bonds. The lowest BCUT2D eigenvalue weighted by molar-refractivity contribution is 0.0177. The Morgan fingerprint density at radius 1 is 1.30 bits per heavy atom. The third-order valence-electron chi connectivity index (χ3n) is 2.70. The summed E-state index contributed by atoms with van der Waals surface area (Å²) in [4.78, 5) is 11.7. The van der Waals surface area contributed by atoms with Gasteiger partial charge in [0, 0.05) is 0 Å². The predicted octanol–water partition coefficient (Wildman–Crippen LogP) is 2.05. The molecule has 20 heavy (non-hydrogen) atoms. The highest BCUT2D eigenvalue weighted by atomic mass is 16.6. The summed E-state index contributed by atoms with van der Waals surface area (Å²) in [6.07, 6.45) is 0.362. The maximum absolute atomic E-state index is 11.7. The normalized spacial score (nSPS) is 17.1. The molecule has 1 fully saturated rings. The summed E-state index contributed by atoms with van der Waals surface area (Å²) in [6, 6.07) is 6.89. The third-order valence-corrected chi connectivity index (χ3v) is 2.70. The maximum atomic E-state index is 11.7. The highest BCUT2D eigenvalue weighted by Gasteiger charge is 2.23. The Hall–Kier alpha value is -1.59. The Labute approximate surface area is 118 Å². The predicted molar refractivity (Wildman–Crippen MR) is 73.0 cm³/mol. The van der Waals surface area contributed by atoms with Crippen molar-refractivity contribution in [1.82, 2.24) is 0 Å². The summed E-state index contributed by atoms with van der Waals surface area (Å²) in [5.41, 5.74) is 0.504. The minimum atomic E-state index is -0.352. The maximum Gasteiger partial charge on any atom is 0.338 e. The Kier molecular flexibility index (Phi) is 5.38. The van der Waals surface area contributed by atoms with Gasteiger partial charge in [-0.25, -0.2) is 4.79 Å². The molecule has 0 aromatic heterocycles. The first-order chi connectivity index (χ1) is 9.65. The summed E-state index contributed by atoms with van der Waals surface area (Å²) in [5, 5.41) is 0. The van der Waals surface area contributed by atoms with Crippen LogP contribution in [0, 0.1) is 0 Å². The van der Waals surface area contributed by atoms with Gasteiger partial charge >= 0.3 is 5.97 Å².